The van der Waals surface area contributed by atoms with Crippen LogP contribution in [0.1, 0.15) is 18.4 Å². The first kappa shape index (κ1) is 13.9. The molecule has 0 fully saturated rings. The lowest BCUT2D eigenvalue weighted by Crippen LogP contribution is -2.42. The Morgan fingerprint density at radius 3 is 2.86 bits per heavy atom. The number of aliphatic carboxylic acids is 1. The minimum atomic E-state index is -0.814. The molecule has 2 N–H and O–H groups in total. The maximum atomic E-state index is 11.4. The van der Waals surface area contributed by atoms with Gasteiger partial charge in [-0.1, -0.05) is 18.2 Å². The number of nitrogens with one attached hydrogen (secondary N) is 1. The van der Waals surface area contributed by atoms with Gasteiger partial charge in [-0.15, -0.1) is 0 Å². The Morgan fingerprint density at radius 2 is 2.14 bits per heavy atom. The molecule has 2 unspecified atom stereocenters. The van der Waals surface area contributed by atoms with Crippen LogP contribution in [0.3, 0.4) is 0 Å². The predicted octanol–water partition coefficient (Wildman–Crippen LogP) is 1.74. The highest BCUT2D eigenvalue weighted by atomic mass is 16.5. The Labute approximate surface area is 124 Å². The Balaban J connectivity index is 2.03. The molecule has 5 nitrogen and oxygen atoms in total. The van der Waals surface area contributed by atoms with E-state index in [1.807, 2.05) is 24.1 Å². The maximum Gasteiger partial charge on any atom is 0.326 e. The summed E-state index contributed by atoms with van der Waals surface area (Å²) in [6, 6.07) is 7.64. The van der Waals surface area contributed by atoms with Crippen molar-refractivity contribution in [2.75, 3.05) is 19.1 Å². The molecule has 2 aliphatic rings. The van der Waals surface area contributed by atoms with E-state index in [1.54, 1.807) is 7.11 Å². The summed E-state index contributed by atoms with van der Waals surface area (Å²) < 4.78 is 5.61. The molecule has 3 rings (SSSR count). The van der Waals surface area contributed by atoms with Crippen molar-refractivity contribution in [1.82, 2.24) is 5.32 Å². The van der Waals surface area contributed by atoms with Crippen molar-refractivity contribution in [2.24, 2.45) is 0 Å². The molecule has 0 radical (unpaired) electrons. The number of hydrogen-bond acceptors (Lipinski definition) is 4. The van der Waals surface area contributed by atoms with Gasteiger partial charge in [0.15, 0.2) is 0 Å². The maximum absolute atomic E-state index is 11.4. The summed E-state index contributed by atoms with van der Waals surface area (Å²) in [5.41, 5.74) is 3.50. The Bertz CT molecular complexity index is 597. The van der Waals surface area contributed by atoms with Gasteiger partial charge in [0.1, 0.15) is 11.9 Å². The second-order valence-electron chi connectivity index (χ2n) is 5.58. The van der Waals surface area contributed by atoms with Gasteiger partial charge in [-0.25, -0.2) is 4.79 Å². The van der Waals surface area contributed by atoms with Crippen LogP contribution in [-0.4, -0.2) is 37.4 Å². The first-order chi connectivity index (χ1) is 10.1. The molecule has 112 valence electrons. The smallest absolute Gasteiger partial charge is 0.326 e. The van der Waals surface area contributed by atoms with Gasteiger partial charge in [0.2, 0.25) is 0 Å². The number of rotatable bonds is 2. The fraction of sp³-hybridized carbons (Fsp3) is 0.438. The van der Waals surface area contributed by atoms with E-state index in [4.69, 9.17) is 4.74 Å². The van der Waals surface area contributed by atoms with Crippen LogP contribution in [-0.2, 0) is 16.0 Å². The number of hydrogen-bond donors (Lipinski definition) is 2. The average molecular weight is 288 g/mol. The third-order valence-corrected chi connectivity index (χ3v) is 4.37. The molecule has 0 bridgehead atoms. The van der Waals surface area contributed by atoms with Crippen LogP contribution in [0.2, 0.25) is 0 Å². The minimum absolute atomic E-state index is 0.0346. The van der Waals surface area contributed by atoms with Crippen molar-refractivity contribution >= 4 is 11.7 Å². The third kappa shape index (κ3) is 2.38. The molecule has 1 aromatic carbocycles. The van der Waals surface area contributed by atoms with Crippen molar-refractivity contribution < 1.29 is 14.6 Å². The number of benzene rings is 1. The highest BCUT2D eigenvalue weighted by Crippen LogP contribution is 2.35. The Morgan fingerprint density at radius 1 is 1.38 bits per heavy atom. The fourth-order valence-corrected chi connectivity index (χ4v) is 3.24. The van der Waals surface area contributed by atoms with Gasteiger partial charge in [-0.3, -0.25) is 0 Å². The van der Waals surface area contributed by atoms with Gasteiger partial charge in [0.25, 0.3) is 0 Å². The molecule has 2 atom stereocenters. The molecule has 0 saturated carbocycles. The van der Waals surface area contributed by atoms with Crippen molar-refractivity contribution in [1.29, 1.82) is 0 Å². The second-order valence-corrected chi connectivity index (χ2v) is 5.58. The lowest BCUT2D eigenvalue weighted by molar-refractivity contribution is -0.139. The minimum Gasteiger partial charge on any atom is -0.480 e. The average Bonchev–Trinajstić information content (AvgIpc) is 2.67. The van der Waals surface area contributed by atoms with Crippen LogP contribution in [0.15, 0.2) is 35.7 Å². The van der Waals surface area contributed by atoms with Gasteiger partial charge in [0, 0.05) is 31.8 Å². The molecule has 2 aliphatic heterocycles. The zero-order valence-electron chi connectivity index (χ0n) is 12.3. The van der Waals surface area contributed by atoms with Gasteiger partial charge in [-0.2, -0.15) is 0 Å². The summed E-state index contributed by atoms with van der Waals surface area (Å²) in [6.07, 6.45) is 2.04. The van der Waals surface area contributed by atoms with E-state index in [2.05, 4.69) is 17.4 Å². The number of anilines is 1. The number of para-hydroxylation sites is 1. The lowest BCUT2D eigenvalue weighted by atomic mass is 9.93. The summed E-state index contributed by atoms with van der Waals surface area (Å²) in [6.45, 7) is 0. The van der Waals surface area contributed by atoms with Crippen LogP contribution in [0, 0.1) is 0 Å². The Kier molecular flexibility index (Phi) is 3.59. The van der Waals surface area contributed by atoms with Crippen molar-refractivity contribution in [2.45, 2.75) is 31.4 Å². The van der Waals surface area contributed by atoms with Crippen molar-refractivity contribution in [3.05, 3.63) is 41.2 Å². The van der Waals surface area contributed by atoms with E-state index in [0.29, 0.717) is 6.42 Å². The standard InChI is InChI=1S/C16H20N2O3/c1-18-13-6-4-3-5-10(13)9-11-14(21-2)8-7-12(16(19)20)17-15(11)18/h3-6,12,14,17H,7-9H2,1-2H3,(H,19,20). The number of fused-ring (bicyclic) bond motifs is 1. The highest BCUT2D eigenvalue weighted by molar-refractivity contribution is 5.74. The van der Waals surface area contributed by atoms with E-state index in [-0.39, 0.29) is 6.10 Å². The largest absolute Gasteiger partial charge is 0.480 e. The molecular weight excluding hydrogens is 268 g/mol. The molecule has 0 spiro atoms. The topological polar surface area (TPSA) is 61.8 Å². The Hall–Kier alpha value is -2.01. The van der Waals surface area contributed by atoms with E-state index < -0.39 is 12.0 Å². The number of carboxylic acids is 1. The van der Waals surface area contributed by atoms with Crippen LogP contribution >= 0.6 is 0 Å². The van der Waals surface area contributed by atoms with Crippen LogP contribution < -0.4 is 10.2 Å². The van der Waals surface area contributed by atoms with E-state index >= 15 is 0 Å². The first-order valence-electron chi connectivity index (χ1n) is 7.18. The second kappa shape index (κ2) is 5.41. The summed E-state index contributed by atoms with van der Waals surface area (Å²) in [5.74, 6) is 0.0660. The zero-order valence-corrected chi connectivity index (χ0v) is 12.3. The quantitative estimate of drug-likeness (QED) is 0.868. The normalized spacial score (nSPS) is 24.8. The van der Waals surface area contributed by atoms with Gasteiger partial charge in [-0.05, 0) is 24.5 Å². The van der Waals surface area contributed by atoms with Crippen molar-refractivity contribution in [3.8, 4) is 0 Å². The molecule has 2 heterocycles. The number of carbonyl (C=O) groups is 1. The highest BCUT2D eigenvalue weighted by Gasteiger charge is 2.33. The molecule has 0 saturated heterocycles. The van der Waals surface area contributed by atoms with Crippen molar-refractivity contribution in [3.63, 3.8) is 0 Å². The number of nitrogens with zero attached hydrogens (tertiary/aromatic N) is 1. The molecule has 0 aliphatic carbocycles. The van der Waals surface area contributed by atoms with Crippen LogP contribution in [0.4, 0.5) is 5.69 Å². The van der Waals surface area contributed by atoms with Crippen LogP contribution in [0.5, 0.6) is 0 Å². The molecule has 0 aromatic heterocycles. The summed E-state index contributed by atoms with van der Waals surface area (Å²) >= 11 is 0. The molecule has 1 aromatic rings. The van der Waals surface area contributed by atoms with Gasteiger partial charge < -0.3 is 20.1 Å². The zero-order chi connectivity index (χ0) is 15.0. The monoisotopic (exact) mass is 288 g/mol. The molecule has 0 amide bonds. The van der Waals surface area contributed by atoms with Crippen LogP contribution in [0.25, 0.3) is 0 Å². The first-order valence-corrected chi connectivity index (χ1v) is 7.18. The van der Waals surface area contributed by atoms with E-state index in [1.165, 1.54) is 5.56 Å². The van der Waals surface area contributed by atoms with E-state index in [9.17, 15) is 9.90 Å². The molecular formula is C16H20N2O3. The summed E-state index contributed by atoms with van der Waals surface area (Å²) in [7, 11) is 3.66. The summed E-state index contributed by atoms with van der Waals surface area (Å²) in [5, 5.41) is 12.5. The molecule has 5 heteroatoms. The van der Waals surface area contributed by atoms with Gasteiger partial charge >= 0.3 is 5.97 Å². The molecule has 21 heavy (non-hydrogen) atoms. The van der Waals surface area contributed by atoms with E-state index in [0.717, 1.165) is 29.9 Å². The fourth-order valence-electron chi connectivity index (χ4n) is 3.24. The summed E-state index contributed by atoms with van der Waals surface area (Å²) in [4.78, 5) is 13.4. The predicted molar refractivity (Wildman–Crippen MR) is 80.2 cm³/mol. The number of methoxy groups -OCH3 is 1. The SMILES string of the molecule is COC1CCC(C(=O)O)NC2=C1Cc1ccccc1N2C. The number of ether oxygens (including phenoxy) is 1. The third-order valence-electron chi connectivity index (χ3n) is 4.37. The van der Waals surface area contributed by atoms with Gasteiger partial charge in [0.05, 0.1) is 6.10 Å². The number of carboxylic acid groups (broad SMARTS) is 1. The lowest BCUT2D eigenvalue weighted by Gasteiger charge is -2.34.